The van der Waals surface area contributed by atoms with Crippen LogP contribution in [0.4, 0.5) is 5.69 Å². The van der Waals surface area contributed by atoms with Crippen LogP contribution in [0.25, 0.3) is 11.1 Å². The van der Waals surface area contributed by atoms with Crippen molar-refractivity contribution in [2.75, 3.05) is 4.90 Å². The van der Waals surface area contributed by atoms with Gasteiger partial charge in [0.1, 0.15) is 4.32 Å². The number of hydrogen-bond donors (Lipinski definition) is 1. The molecule has 2 amide bonds. The third-order valence-corrected chi connectivity index (χ3v) is 6.36. The summed E-state index contributed by atoms with van der Waals surface area (Å²) in [4.78, 5) is 28.0. The van der Waals surface area contributed by atoms with Crippen LogP contribution in [0, 0.1) is 13.8 Å². The minimum Gasteiger partial charge on any atom is -0.307 e. The number of carbonyl (C=O) groups is 2. The zero-order valence-electron chi connectivity index (χ0n) is 14.7. The lowest BCUT2D eigenvalue weighted by atomic mass is 9.86. The Morgan fingerprint density at radius 3 is 2.48 bits per heavy atom. The van der Waals surface area contributed by atoms with Crippen LogP contribution in [0.15, 0.2) is 17.0 Å². The fourth-order valence-electron chi connectivity index (χ4n) is 3.97. The van der Waals surface area contributed by atoms with E-state index in [1.165, 1.54) is 11.8 Å². The maximum absolute atomic E-state index is 13.4. The van der Waals surface area contributed by atoms with Crippen LogP contribution in [0.5, 0.6) is 0 Å². The van der Waals surface area contributed by atoms with Gasteiger partial charge in [-0.05, 0) is 57.4 Å². The van der Waals surface area contributed by atoms with Crippen LogP contribution in [-0.2, 0) is 9.59 Å². The van der Waals surface area contributed by atoms with Crippen molar-refractivity contribution < 1.29 is 9.59 Å². The molecule has 1 aromatic rings. The van der Waals surface area contributed by atoms with Crippen LogP contribution in [0.1, 0.15) is 43.0 Å². The van der Waals surface area contributed by atoms with E-state index in [0.717, 1.165) is 33.5 Å². The summed E-state index contributed by atoms with van der Waals surface area (Å²) in [6.45, 7) is 10.2. The normalized spacial score (nSPS) is 23.8. The third kappa shape index (κ3) is 2.10. The van der Waals surface area contributed by atoms with Gasteiger partial charge in [-0.2, -0.15) is 0 Å². The lowest BCUT2D eigenvalue weighted by Crippen LogP contribution is -2.46. The highest BCUT2D eigenvalue weighted by Crippen LogP contribution is 2.53. The fourth-order valence-corrected chi connectivity index (χ4v) is 5.08. The van der Waals surface area contributed by atoms with E-state index in [9.17, 15) is 9.59 Å². The lowest BCUT2D eigenvalue weighted by molar-refractivity contribution is -0.116. The molecular formula is C19H18N2O2S2. The molecular weight excluding hydrogens is 352 g/mol. The third-order valence-electron chi connectivity index (χ3n) is 5.12. The van der Waals surface area contributed by atoms with E-state index in [2.05, 4.69) is 24.4 Å². The number of amides is 2. The second-order valence-electron chi connectivity index (χ2n) is 7.26. The Balaban J connectivity index is 2.14. The van der Waals surface area contributed by atoms with Gasteiger partial charge >= 0.3 is 0 Å². The van der Waals surface area contributed by atoms with Gasteiger partial charge in [-0.15, -0.1) is 0 Å². The second kappa shape index (κ2) is 5.05. The summed E-state index contributed by atoms with van der Waals surface area (Å²) in [7, 11) is 0. The Labute approximate surface area is 156 Å². The van der Waals surface area contributed by atoms with Crippen LogP contribution in [-0.4, -0.2) is 21.7 Å². The molecule has 4 rings (SSSR count). The monoisotopic (exact) mass is 370 g/mol. The average Bonchev–Trinajstić information content (AvgIpc) is 2.98. The molecule has 3 heterocycles. The quantitative estimate of drug-likeness (QED) is 0.559. The molecule has 1 N–H and O–H groups in total. The van der Waals surface area contributed by atoms with Crippen molar-refractivity contribution in [3.63, 3.8) is 0 Å². The summed E-state index contributed by atoms with van der Waals surface area (Å²) in [5.41, 5.74) is 6.19. The van der Waals surface area contributed by atoms with Crippen molar-refractivity contribution in [1.82, 2.24) is 5.32 Å². The number of aryl methyl sites for hydroxylation is 1. The van der Waals surface area contributed by atoms with E-state index in [0.29, 0.717) is 14.8 Å². The smallest absolute Gasteiger partial charge is 0.264 e. The molecule has 3 aliphatic heterocycles. The van der Waals surface area contributed by atoms with Crippen molar-refractivity contribution in [1.29, 1.82) is 0 Å². The van der Waals surface area contributed by atoms with Gasteiger partial charge in [0, 0.05) is 11.1 Å². The Bertz CT molecular complexity index is 970. The number of thiocarbonyl (C=S) groups is 1. The predicted molar refractivity (Wildman–Crippen MR) is 106 cm³/mol. The highest BCUT2D eigenvalue weighted by molar-refractivity contribution is 8.27. The molecule has 1 fully saturated rings. The number of rotatable bonds is 0. The van der Waals surface area contributed by atoms with Crippen LogP contribution in [0.2, 0.25) is 0 Å². The minimum atomic E-state index is -0.451. The highest BCUT2D eigenvalue weighted by Gasteiger charge is 2.48. The van der Waals surface area contributed by atoms with Gasteiger partial charge < -0.3 is 5.32 Å². The number of nitrogens with one attached hydrogen (secondary N) is 1. The van der Waals surface area contributed by atoms with E-state index in [1.54, 1.807) is 0 Å². The van der Waals surface area contributed by atoms with Gasteiger partial charge in [-0.25, -0.2) is 0 Å². The van der Waals surface area contributed by atoms with Crippen LogP contribution >= 0.6 is 24.0 Å². The van der Waals surface area contributed by atoms with Gasteiger partial charge in [0.05, 0.1) is 21.7 Å². The molecule has 0 radical (unpaired) electrons. The molecule has 0 aliphatic carbocycles. The zero-order chi connectivity index (χ0) is 18.3. The van der Waals surface area contributed by atoms with Crippen molar-refractivity contribution in [3.05, 3.63) is 39.3 Å². The fraction of sp³-hybridized carbons (Fsp3) is 0.316. The van der Waals surface area contributed by atoms with Crippen molar-refractivity contribution in [3.8, 4) is 0 Å². The predicted octanol–water partition coefficient (Wildman–Crippen LogP) is 3.70. The standard InChI is InChI=1S/C19H18N2O2S2/c1-8-6-11-9(2)7-19(4,5)21-14(11)12(10(8)3)13(17(21)23)15-16(22)20-18(24)25-15/h6-7H,1-5H3,(H,20,22,24). The van der Waals surface area contributed by atoms with Gasteiger partial charge in [-0.1, -0.05) is 30.1 Å². The first-order valence-electron chi connectivity index (χ1n) is 8.10. The molecule has 0 unspecified atom stereocenters. The van der Waals surface area contributed by atoms with Crippen molar-refractivity contribution in [2.45, 2.75) is 40.2 Å². The molecule has 0 spiro atoms. The first-order chi connectivity index (χ1) is 11.6. The number of anilines is 1. The van der Waals surface area contributed by atoms with E-state index in [4.69, 9.17) is 12.2 Å². The number of thioether (sulfide) groups is 1. The molecule has 1 saturated heterocycles. The number of hydrogen-bond acceptors (Lipinski definition) is 4. The molecule has 1 aromatic carbocycles. The Morgan fingerprint density at radius 1 is 1.20 bits per heavy atom. The topological polar surface area (TPSA) is 49.4 Å². The molecule has 0 saturated carbocycles. The number of benzene rings is 1. The summed E-state index contributed by atoms with van der Waals surface area (Å²) in [5.74, 6) is -0.406. The maximum Gasteiger partial charge on any atom is 0.264 e. The van der Waals surface area contributed by atoms with Gasteiger partial charge in [0.2, 0.25) is 0 Å². The van der Waals surface area contributed by atoms with Crippen LogP contribution < -0.4 is 10.2 Å². The van der Waals surface area contributed by atoms with Crippen molar-refractivity contribution in [2.24, 2.45) is 0 Å². The number of allylic oxidation sites excluding steroid dienone is 1. The van der Waals surface area contributed by atoms with Crippen molar-refractivity contribution >= 4 is 56.9 Å². The molecule has 0 atom stereocenters. The number of nitrogens with zero attached hydrogens (tertiary/aromatic N) is 1. The molecule has 6 heteroatoms. The average molecular weight is 370 g/mol. The molecule has 0 bridgehead atoms. The Hall–Kier alpha value is -1.92. The minimum absolute atomic E-state index is 0.124. The Kier molecular flexibility index (Phi) is 3.34. The van der Waals surface area contributed by atoms with Gasteiger partial charge in [0.15, 0.2) is 0 Å². The maximum atomic E-state index is 13.4. The molecule has 25 heavy (non-hydrogen) atoms. The number of carbonyl (C=O) groups excluding carboxylic acids is 2. The Morgan fingerprint density at radius 2 is 1.88 bits per heavy atom. The first kappa shape index (κ1) is 16.5. The molecule has 128 valence electrons. The van der Waals surface area contributed by atoms with E-state index in [-0.39, 0.29) is 11.8 Å². The molecule has 4 nitrogen and oxygen atoms in total. The second-order valence-corrected chi connectivity index (χ2v) is 8.95. The highest BCUT2D eigenvalue weighted by atomic mass is 32.2. The lowest BCUT2D eigenvalue weighted by Gasteiger charge is -2.39. The SMILES string of the molecule is CC1=CC(C)(C)N2C(=O)C(=C3SC(=S)NC3=O)c3c(C)c(C)cc1c32. The largest absolute Gasteiger partial charge is 0.307 e. The van der Waals surface area contributed by atoms with E-state index < -0.39 is 5.54 Å². The summed E-state index contributed by atoms with van der Waals surface area (Å²) in [6.07, 6.45) is 2.12. The summed E-state index contributed by atoms with van der Waals surface area (Å²) in [6, 6.07) is 2.13. The summed E-state index contributed by atoms with van der Waals surface area (Å²) >= 11 is 6.30. The molecule has 3 aliphatic rings. The summed E-state index contributed by atoms with van der Waals surface area (Å²) in [5, 5.41) is 2.64. The molecule has 0 aromatic heterocycles. The van der Waals surface area contributed by atoms with Gasteiger partial charge in [-0.3, -0.25) is 14.5 Å². The van der Waals surface area contributed by atoms with Crippen LogP contribution in [0.3, 0.4) is 0 Å². The van der Waals surface area contributed by atoms with E-state index >= 15 is 0 Å². The first-order valence-corrected chi connectivity index (χ1v) is 9.32. The van der Waals surface area contributed by atoms with Gasteiger partial charge in [0.25, 0.3) is 11.8 Å². The zero-order valence-corrected chi connectivity index (χ0v) is 16.4. The summed E-state index contributed by atoms with van der Waals surface area (Å²) < 4.78 is 0.397. The van der Waals surface area contributed by atoms with E-state index in [1.807, 2.05) is 32.6 Å².